The molecule has 1 amide bonds. The molecule has 1 heterocycles. The van der Waals surface area contributed by atoms with E-state index in [2.05, 4.69) is 10.3 Å². The zero-order valence-electron chi connectivity index (χ0n) is 13.9. The van der Waals surface area contributed by atoms with Gasteiger partial charge in [-0.05, 0) is 43.6 Å². The highest BCUT2D eigenvalue weighted by Crippen LogP contribution is 2.52. The van der Waals surface area contributed by atoms with E-state index in [4.69, 9.17) is 0 Å². The predicted octanol–water partition coefficient (Wildman–Crippen LogP) is 3.80. The first kappa shape index (κ1) is 16.3. The summed E-state index contributed by atoms with van der Waals surface area (Å²) in [5.41, 5.74) is 1.94. The molecular weight excluding hydrogens is 336 g/mol. The Hall–Kier alpha value is -2.21. The van der Waals surface area contributed by atoms with Crippen molar-refractivity contribution >= 4 is 28.3 Å². The van der Waals surface area contributed by atoms with E-state index in [1.54, 1.807) is 0 Å². The molecule has 2 aromatic rings. The average Bonchev–Trinajstić information content (AvgIpc) is 3.29. The Morgan fingerprint density at radius 3 is 2.52 bits per heavy atom. The molecule has 0 radical (unpaired) electrons. The molecule has 2 aliphatic rings. The Balaban J connectivity index is 1.55. The quantitative estimate of drug-likeness (QED) is 0.873. The van der Waals surface area contributed by atoms with Gasteiger partial charge in [0.15, 0.2) is 5.13 Å². The third kappa shape index (κ3) is 2.84. The lowest BCUT2D eigenvalue weighted by atomic mass is 9.79. The number of hydrogen-bond acceptors (Lipinski definition) is 4. The molecule has 25 heavy (non-hydrogen) atoms. The van der Waals surface area contributed by atoms with Crippen LogP contribution in [0.15, 0.2) is 30.3 Å². The van der Waals surface area contributed by atoms with Gasteiger partial charge in [-0.1, -0.05) is 41.7 Å². The van der Waals surface area contributed by atoms with Gasteiger partial charge in [0.05, 0.1) is 22.4 Å². The van der Waals surface area contributed by atoms with Crippen LogP contribution < -0.4 is 5.32 Å². The van der Waals surface area contributed by atoms with Crippen molar-refractivity contribution in [3.63, 3.8) is 0 Å². The monoisotopic (exact) mass is 356 g/mol. The molecule has 2 aliphatic carbocycles. The van der Waals surface area contributed by atoms with Crippen molar-refractivity contribution in [2.75, 3.05) is 5.32 Å². The van der Waals surface area contributed by atoms with Crippen molar-refractivity contribution in [2.45, 2.75) is 26.2 Å². The lowest BCUT2D eigenvalue weighted by Gasteiger charge is -2.26. The summed E-state index contributed by atoms with van der Waals surface area (Å²) in [5, 5.41) is 13.0. The first-order chi connectivity index (χ1) is 12.0. The Morgan fingerprint density at radius 1 is 1.16 bits per heavy atom. The number of amides is 1. The van der Waals surface area contributed by atoms with Crippen molar-refractivity contribution < 1.29 is 14.7 Å². The van der Waals surface area contributed by atoms with Gasteiger partial charge in [-0.3, -0.25) is 9.59 Å². The molecule has 1 aromatic carbocycles. The van der Waals surface area contributed by atoms with Crippen molar-refractivity contribution in [1.82, 2.24) is 4.98 Å². The smallest absolute Gasteiger partial charge is 0.307 e. The second-order valence-electron chi connectivity index (χ2n) is 7.01. The number of nitrogens with zero attached hydrogens (tertiary/aromatic N) is 1. The first-order valence-electron chi connectivity index (χ1n) is 8.61. The molecular formula is C19H20N2O3S. The van der Waals surface area contributed by atoms with Crippen LogP contribution in [0.5, 0.6) is 0 Å². The van der Waals surface area contributed by atoms with Crippen LogP contribution in [0.25, 0.3) is 10.4 Å². The Morgan fingerprint density at radius 2 is 1.84 bits per heavy atom. The highest BCUT2D eigenvalue weighted by Gasteiger charge is 2.54. The molecule has 4 rings (SSSR count). The number of fused-ring (bicyclic) bond motifs is 2. The number of thiazole rings is 1. The summed E-state index contributed by atoms with van der Waals surface area (Å²) >= 11 is 1.44. The maximum absolute atomic E-state index is 12.8. The predicted molar refractivity (Wildman–Crippen MR) is 96.4 cm³/mol. The summed E-state index contributed by atoms with van der Waals surface area (Å²) < 4.78 is 0. The Kier molecular flexibility index (Phi) is 4.07. The number of carbonyl (C=O) groups is 2. The zero-order chi connectivity index (χ0) is 17.6. The number of carbonyl (C=O) groups excluding carboxylic acids is 1. The van der Waals surface area contributed by atoms with Crippen LogP contribution in [0.1, 0.15) is 25.0 Å². The molecule has 4 atom stereocenters. The van der Waals surface area contributed by atoms with E-state index in [9.17, 15) is 14.7 Å². The number of nitrogens with one attached hydrogen (secondary N) is 1. The van der Waals surface area contributed by atoms with Gasteiger partial charge in [-0.25, -0.2) is 4.98 Å². The fourth-order valence-corrected chi connectivity index (χ4v) is 5.49. The van der Waals surface area contributed by atoms with Crippen molar-refractivity contribution in [3.05, 3.63) is 36.0 Å². The van der Waals surface area contributed by atoms with Gasteiger partial charge in [0.2, 0.25) is 5.91 Å². The van der Waals surface area contributed by atoms with Crippen molar-refractivity contribution in [2.24, 2.45) is 23.7 Å². The molecule has 2 bridgehead atoms. The second kappa shape index (κ2) is 6.26. The topological polar surface area (TPSA) is 79.3 Å². The summed E-state index contributed by atoms with van der Waals surface area (Å²) in [4.78, 5) is 29.9. The van der Waals surface area contributed by atoms with E-state index in [0.717, 1.165) is 35.4 Å². The highest BCUT2D eigenvalue weighted by molar-refractivity contribution is 7.19. The summed E-state index contributed by atoms with van der Waals surface area (Å²) in [7, 11) is 0. The number of carboxylic acid groups (broad SMARTS) is 1. The number of aryl methyl sites for hydroxylation is 1. The first-order valence-corrected chi connectivity index (χ1v) is 9.42. The molecule has 6 heteroatoms. The normalized spacial score (nSPS) is 27.4. The summed E-state index contributed by atoms with van der Waals surface area (Å²) in [5.74, 6) is -1.66. The molecule has 1 aromatic heterocycles. The lowest BCUT2D eigenvalue weighted by molar-refractivity contribution is -0.148. The fraction of sp³-hybridized carbons (Fsp3) is 0.421. The van der Waals surface area contributed by atoms with E-state index >= 15 is 0 Å². The lowest BCUT2D eigenvalue weighted by Crippen LogP contribution is -2.37. The van der Waals surface area contributed by atoms with E-state index < -0.39 is 17.8 Å². The number of rotatable bonds is 4. The van der Waals surface area contributed by atoms with Gasteiger partial charge in [-0.2, -0.15) is 0 Å². The van der Waals surface area contributed by atoms with Gasteiger partial charge >= 0.3 is 5.97 Å². The minimum Gasteiger partial charge on any atom is -0.481 e. The van der Waals surface area contributed by atoms with E-state index in [1.165, 1.54) is 11.3 Å². The van der Waals surface area contributed by atoms with Gasteiger partial charge in [0.25, 0.3) is 0 Å². The molecule has 0 unspecified atom stereocenters. The number of carboxylic acids is 1. The van der Waals surface area contributed by atoms with Gasteiger partial charge in [0.1, 0.15) is 0 Å². The fourth-order valence-electron chi connectivity index (χ4n) is 4.52. The number of benzene rings is 1. The molecule has 5 nitrogen and oxygen atoms in total. The third-order valence-corrected chi connectivity index (χ3v) is 6.69. The number of hydrogen-bond donors (Lipinski definition) is 2. The summed E-state index contributed by atoms with van der Waals surface area (Å²) in [6.07, 6.45) is 2.75. The maximum atomic E-state index is 12.8. The van der Waals surface area contributed by atoms with E-state index in [-0.39, 0.29) is 17.7 Å². The van der Waals surface area contributed by atoms with Gasteiger partial charge < -0.3 is 10.4 Å². The minimum absolute atomic E-state index is 0.149. The van der Waals surface area contributed by atoms with E-state index in [0.29, 0.717) is 5.13 Å². The van der Waals surface area contributed by atoms with Crippen LogP contribution in [-0.4, -0.2) is 22.0 Å². The van der Waals surface area contributed by atoms with Crippen LogP contribution >= 0.6 is 11.3 Å². The van der Waals surface area contributed by atoms with Crippen molar-refractivity contribution in [1.29, 1.82) is 0 Å². The van der Waals surface area contributed by atoms with Crippen LogP contribution in [0, 0.1) is 30.6 Å². The number of aromatic nitrogens is 1. The maximum Gasteiger partial charge on any atom is 0.307 e. The molecule has 0 spiro atoms. The van der Waals surface area contributed by atoms with Crippen LogP contribution in [0.3, 0.4) is 0 Å². The highest BCUT2D eigenvalue weighted by atomic mass is 32.1. The minimum atomic E-state index is -0.840. The molecule has 130 valence electrons. The molecule has 0 saturated heterocycles. The Bertz CT molecular complexity index is 817. The van der Waals surface area contributed by atoms with Crippen molar-refractivity contribution in [3.8, 4) is 10.4 Å². The average molecular weight is 356 g/mol. The molecule has 2 fully saturated rings. The van der Waals surface area contributed by atoms with Crippen LogP contribution in [-0.2, 0) is 9.59 Å². The van der Waals surface area contributed by atoms with Gasteiger partial charge in [-0.15, -0.1) is 0 Å². The third-order valence-electron chi connectivity index (χ3n) is 5.57. The largest absolute Gasteiger partial charge is 0.481 e. The SMILES string of the molecule is Cc1nc(NC(=O)[C@H]2[C@H]3CC[C@@H](C3)[C@H]2C(=O)O)sc1-c1ccccc1. The molecule has 2 N–H and O–H groups in total. The van der Waals surface area contributed by atoms with Crippen LogP contribution in [0.2, 0.25) is 0 Å². The summed E-state index contributed by atoms with van der Waals surface area (Å²) in [6, 6.07) is 9.94. The number of anilines is 1. The Labute approximate surface area is 150 Å². The molecule has 0 aliphatic heterocycles. The zero-order valence-corrected chi connectivity index (χ0v) is 14.8. The van der Waals surface area contributed by atoms with Crippen LogP contribution in [0.4, 0.5) is 5.13 Å². The van der Waals surface area contributed by atoms with Gasteiger partial charge in [0, 0.05) is 0 Å². The summed E-state index contributed by atoms with van der Waals surface area (Å²) in [6.45, 7) is 1.92. The number of aliphatic carboxylic acids is 1. The second-order valence-corrected chi connectivity index (χ2v) is 8.01. The van der Waals surface area contributed by atoms with E-state index in [1.807, 2.05) is 37.3 Å². The standard InChI is InChI=1S/C19H20N2O3S/c1-10-16(11-5-3-2-4-6-11)25-19(20-10)21-17(22)14-12-7-8-13(9-12)15(14)18(23)24/h2-6,12-15H,7-9H2,1H3,(H,23,24)(H,20,21,22)/t12-,13-,14-,15+/m0/s1. The molecule has 2 saturated carbocycles.